The van der Waals surface area contributed by atoms with E-state index in [0.29, 0.717) is 5.56 Å². The van der Waals surface area contributed by atoms with Crippen LogP contribution >= 0.6 is 0 Å². The minimum Gasteiger partial charge on any atom is -0.282 e. The van der Waals surface area contributed by atoms with Gasteiger partial charge in [0.05, 0.1) is 4.90 Å². The third-order valence-electron chi connectivity index (χ3n) is 8.18. The maximum Gasteiger partial charge on any atom is 0.294 e. The molecule has 5 aromatic carbocycles. The van der Waals surface area contributed by atoms with Crippen molar-refractivity contribution in [3.8, 4) is 0 Å². The largest absolute Gasteiger partial charge is 0.294 e. The Morgan fingerprint density at radius 1 is 0.537 bits per heavy atom. The number of benzene rings is 5. The number of hydrogen-bond donors (Lipinski definition) is 1. The first-order chi connectivity index (χ1) is 19.6. The molecule has 0 aromatic heterocycles. The third-order valence-corrected chi connectivity index (χ3v) is 9.11. The zero-order valence-corrected chi connectivity index (χ0v) is 24.9. The van der Waals surface area contributed by atoms with Crippen LogP contribution in [0.4, 0.5) is 0 Å². The Labute approximate surface area is 244 Å². The SMILES string of the molecule is Cc1cccc(C)c1Cc1ccc(C(c2ccc(Cc3c(C)cccc3C)cc2)c2ccccc2S(=O)(=O)O)cc1. The highest BCUT2D eigenvalue weighted by atomic mass is 32.2. The van der Waals surface area contributed by atoms with Crippen molar-refractivity contribution in [3.05, 3.63) is 170 Å². The number of aryl methyl sites for hydroxylation is 4. The molecule has 0 aliphatic carbocycles. The van der Waals surface area contributed by atoms with Crippen molar-refractivity contribution in [2.45, 2.75) is 51.3 Å². The molecule has 5 aromatic rings. The van der Waals surface area contributed by atoms with Gasteiger partial charge < -0.3 is 0 Å². The van der Waals surface area contributed by atoms with E-state index in [0.717, 1.165) is 24.0 Å². The Morgan fingerprint density at radius 3 is 1.32 bits per heavy atom. The zero-order valence-electron chi connectivity index (χ0n) is 24.1. The normalized spacial score (nSPS) is 11.7. The molecule has 0 saturated heterocycles. The molecular formula is C37H36O3S. The van der Waals surface area contributed by atoms with E-state index >= 15 is 0 Å². The van der Waals surface area contributed by atoms with Gasteiger partial charge in [-0.25, -0.2) is 0 Å². The molecule has 5 rings (SSSR count). The van der Waals surface area contributed by atoms with E-state index < -0.39 is 10.1 Å². The van der Waals surface area contributed by atoms with Gasteiger partial charge in [0.25, 0.3) is 10.1 Å². The highest BCUT2D eigenvalue weighted by Gasteiger charge is 2.25. The molecular weight excluding hydrogens is 524 g/mol. The summed E-state index contributed by atoms with van der Waals surface area (Å²) in [6.07, 6.45) is 1.66. The molecule has 0 radical (unpaired) electrons. The standard InChI is InChI=1S/C37H36O3S/c1-25-9-7-10-26(2)34(25)23-29-15-19-31(20-16-29)37(33-13-5-6-14-36(33)41(38,39)40)32-21-17-30(18-22-32)24-35-27(3)11-8-12-28(35)4/h5-22,37H,23-24H2,1-4H3,(H,38,39,40). The molecule has 0 heterocycles. The van der Waals surface area contributed by atoms with Crippen molar-refractivity contribution in [3.63, 3.8) is 0 Å². The first-order valence-corrected chi connectivity index (χ1v) is 15.4. The topological polar surface area (TPSA) is 54.4 Å². The van der Waals surface area contributed by atoms with Crippen molar-refractivity contribution in [1.29, 1.82) is 0 Å². The Balaban J connectivity index is 1.54. The fourth-order valence-electron chi connectivity index (χ4n) is 5.83. The van der Waals surface area contributed by atoms with Gasteiger partial charge in [0, 0.05) is 5.92 Å². The van der Waals surface area contributed by atoms with E-state index in [1.165, 1.54) is 50.6 Å². The molecule has 0 aliphatic rings. The summed E-state index contributed by atoms with van der Waals surface area (Å²) in [4.78, 5) is -0.0655. The molecule has 1 N–H and O–H groups in total. The molecule has 0 bridgehead atoms. The summed E-state index contributed by atoms with van der Waals surface area (Å²) < 4.78 is 34.9. The quantitative estimate of drug-likeness (QED) is 0.153. The van der Waals surface area contributed by atoms with Crippen LogP contribution in [0.5, 0.6) is 0 Å². The van der Waals surface area contributed by atoms with Crippen LogP contribution in [0.2, 0.25) is 0 Å². The second-order valence-electron chi connectivity index (χ2n) is 11.0. The first-order valence-electron chi connectivity index (χ1n) is 14.0. The number of hydrogen-bond acceptors (Lipinski definition) is 2. The highest BCUT2D eigenvalue weighted by Crippen LogP contribution is 2.36. The van der Waals surface area contributed by atoms with Crippen LogP contribution in [-0.4, -0.2) is 13.0 Å². The molecule has 3 nitrogen and oxygen atoms in total. The molecule has 0 spiro atoms. The van der Waals surface area contributed by atoms with E-state index in [1.54, 1.807) is 12.1 Å². The molecule has 0 atom stereocenters. The van der Waals surface area contributed by atoms with Crippen molar-refractivity contribution in [2.75, 3.05) is 0 Å². The number of rotatable bonds is 8. The Kier molecular flexibility index (Phi) is 8.25. The average Bonchev–Trinajstić information content (AvgIpc) is 2.94. The van der Waals surface area contributed by atoms with E-state index in [9.17, 15) is 13.0 Å². The average molecular weight is 561 g/mol. The van der Waals surface area contributed by atoms with Crippen LogP contribution in [0.25, 0.3) is 0 Å². The van der Waals surface area contributed by atoms with Gasteiger partial charge in [0.1, 0.15) is 0 Å². The minimum atomic E-state index is -4.41. The van der Waals surface area contributed by atoms with Crippen LogP contribution in [0.3, 0.4) is 0 Å². The minimum absolute atomic E-state index is 0.0655. The van der Waals surface area contributed by atoms with Crippen LogP contribution in [-0.2, 0) is 23.0 Å². The second kappa shape index (κ2) is 11.9. The maximum atomic E-state index is 12.4. The molecule has 208 valence electrons. The summed E-state index contributed by atoms with van der Waals surface area (Å²) in [6.45, 7) is 8.57. The van der Waals surface area contributed by atoms with Crippen molar-refractivity contribution in [2.24, 2.45) is 0 Å². The summed E-state index contributed by atoms with van der Waals surface area (Å²) >= 11 is 0. The lowest BCUT2D eigenvalue weighted by Crippen LogP contribution is -2.10. The maximum absolute atomic E-state index is 12.4. The lowest BCUT2D eigenvalue weighted by molar-refractivity contribution is 0.482. The third kappa shape index (κ3) is 6.35. The van der Waals surface area contributed by atoms with Gasteiger partial charge in [0.2, 0.25) is 0 Å². The highest BCUT2D eigenvalue weighted by molar-refractivity contribution is 7.85. The van der Waals surface area contributed by atoms with Gasteiger partial charge in [-0.2, -0.15) is 8.42 Å². The molecule has 0 saturated carbocycles. The van der Waals surface area contributed by atoms with Crippen LogP contribution in [0, 0.1) is 27.7 Å². The van der Waals surface area contributed by atoms with E-state index in [1.807, 2.05) is 6.07 Å². The predicted octanol–water partition coefficient (Wildman–Crippen LogP) is 8.53. The molecule has 4 heteroatoms. The second-order valence-corrected chi connectivity index (χ2v) is 12.4. The summed E-state index contributed by atoms with van der Waals surface area (Å²) in [5.74, 6) is -0.364. The molecule has 41 heavy (non-hydrogen) atoms. The van der Waals surface area contributed by atoms with Gasteiger partial charge in [-0.15, -0.1) is 0 Å². The van der Waals surface area contributed by atoms with Crippen molar-refractivity contribution in [1.82, 2.24) is 0 Å². The smallest absolute Gasteiger partial charge is 0.282 e. The van der Waals surface area contributed by atoms with Gasteiger partial charge in [0.15, 0.2) is 0 Å². The van der Waals surface area contributed by atoms with Crippen LogP contribution < -0.4 is 0 Å². The summed E-state index contributed by atoms with van der Waals surface area (Å²) in [5.41, 5.74) is 12.6. The Morgan fingerprint density at radius 2 is 0.927 bits per heavy atom. The van der Waals surface area contributed by atoms with Crippen LogP contribution in [0.15, 0.2) is 114 Å². The molecule has 0 amide bonds. The summed E-state index contributed by atoms with van der Waals surface area (Å²) in [5, 5.41) is 0. The monoisotopic (exact) mass is 560 g/mol. The van der Waals surface area contributed by atoms with E-state index in [2.05, 4.69) is 113 Å². The van der Waals surface area contributed by atoms with Crippen LogP contribution in [0.1, 0.15) is 67.1 Å². The summed E-state index contributed by atoms with van der Waals surface area (Å²) in [7, 11) is -4.41. The fraction of sp³-hybridized carbons (Fsp3) is 0.189. The molecule has 0 aliphatic heterocycles. The van der Waals surface area contributed by atoms with Gasteiger partial charge in [-0.3, -0.25) is 4.55 Å². The van der Waals surface area contributed by atoms with Gasteiger partial charge in [-0.05, 0) is 108 Å². The summed E-state index contributed by atoms with van der Waals surface area (Å²) in [6, 6.07) is 36.3. The predicted molar refractivity (Wildman–Crippen MR) is 168 cm³/mol. The van der Waals surface area contributed by atoms with Gasteiger partial charge in [-0.1, -0.05) is 103 Å². The van der Waals surface area contributed by atoms with Crippen molar-refractivity contribution < 1.29 is 13.0 Å². The van der Waals surface area contributed by atoms with Gasteiger partial charge >= 0.3 is 0 Å². The molecule has 0 unspecified atom stereocenters. The van der Waals surface area contributed by atoms with E-state index in [4.69, 9.17) is 0 Å². The zero-order chi connectivity index (χ0) is 29.1. The first kappa shape index (κ1) is 28.5. The lowest BCUT2D eigenvalue weighted by atomic mass is 9.83. The molecule has 0 fully saturated rings. The Bertz CT molecular complexity index is 1650. The Hall–Kier alpha value is -3.99. The van der Waals surface area contributed by atoms with E-state index in [-0.39, 0.29) is 10.8 Å². The lowest BCUT2D eigenvalue weighted by Gasteiger charge is -2.22. The van der Waals surface area contributed by atoms with Crippen molar-refractivity contribution >= 4 is 10.1 Å². The fourth-order valence-corrected chi connectivity index (χ4v) is 6.56.